The highest BCUT2D eigenvalue weighted by molar-refractivity contribution is 6.31. The first-order valence-electron chi connectivity index (χ1n) is 4.53. The summed E-state index contributed by atoms with van der Waals surface area (Å²) in [7, 11) is 0. The van der Waals surface area contributed by atoms with Crippen LogP contribution in [0.3, 0.4) is 0 Å². The molecule has 1 aromatic rings. The third-order valence-electron chi connectivity index (χ3n) is 2.05. The van der Waals surface area contributed by atoms with Gasteiger partial charge in [-0.2, -0.15) is 0 Å². The first-order valence-corrected chi connectivity index (χ1v) is 4.91. The van der Waals surface area contributed by atoms with Crippen LogP contribution in [0.15, 0.2) is 35.0 Å². The van der Waals surface area contributed by atoms with Crippen molar-refractivity contribution in [1.29, 1.82) is 0 Å². The minimum Gasteiger partial charge on any atom is -0.404 e. The quantitative estimate of drug-likeness (QED) is 0.598. The van der Waals surface area contributed by atoms with Crippen LogP contribution in [0, 0.1) is 6.92 Å². The third kappa shape index (κ3) is 2.99. The van der Waals surface area contributed by atoms with Gasteiger partial charge in [0.1, 0.15) is 5.84 Å². The van der Waals surface area contributed by atoms with Crippen molar-refractivity contribution in [3.63, 3.8) is 0 Å². The summed E-state index contributed by atoms with van der Waals surface area (Å²) in [5.41, 5.74) is 13.6. The second-order valence-corrected chi connectivity index (χ2v) is 3.69. The van der Waals surface area contributed by atoms with Gasteiger partial charge in [0.25, 0.3) is 0 Å². The Balaban J connectivity index is 3.04. The van der Waals surface area contributed by atoms with Crippen molar-refractivity contribution in [2.45, 2.75) is 13.8 Å². The first kappa shape index (κ1) is 11.6. The van der Waals surface area contributed by atoms with Crippen LogP contribution in [0.1, 0.15) is 12.5 Å². The Hall–Kier alpha value is -1.48. The number of amidine groups is 1. The van der Waals surface area contributed by atoms with E-state index in [0.717, 1.165) is 21.8 Å². The van der Waals surface area contributed by atoms with E-state index in [2.05, 4.69) is 4.99 Å². The molecule has 15 heavy (non-hydrogen) atoms. The molecule has 0 saturated heterocycles. The van der Waals surface area contributed by atoms with E-state index in [-0.39, 0.29) is 0 Å². The van der Waals surface area contributed by atoms with E-state index in [4.69, 9.17) is 23.1 Å². The van der Waals surface area contributed by atoms with Crippen molar-refractivity contribution in [3.8, 4) is 0 Å². The van der Waals surface area contributed by atoms with Gasteiger partial charge in [0.05, 0.1) is 5.69 Å². The standard InChI is InChI=1S/C11H14ClN3/c1-7-5-9(3-4-10(7)12)15-11(14)8(2)6-13/h3-6H,13H2,1-2H3,(H2,14,15). The van der Waals surface area contributed by atoms with Crippen LogP contribution < -0.4 is 11.5 Å². The van der Waals surface area contributed by atoms with Crippen molar-refractivity contribution in [2.75, 3.05) is 0 Å². The molecule has 3 nitrogen and oxygen atoms in total. The topological polar surface area (TPSA) is 64.4 Å². The van der Waals surface area contributed by atoms with Crippen LogP contribution in [-0.2, 0) is 0 Å². The first-order chi connectivity index (χ1) is 7.04. The van der Waals surface area contributed by atoms with Crippen LogP contribution in [0.5, 0.6) is 0 Å². The van der Waals surface area contributed by atoms with Gasteiger partial charge in [-0.3, -0.25) is 0 Å². The molecule has 1 aromatic carbocycles. The van der Waals surface area contributed by atoms with Crippen molar-refractivity contribution >= 4 is 23.1 Å². The van der Waals surface area contributed by atoms with Crippen molar-refractivity contribution in [2.24, 2.45) is 16.5 Å². The molecule has 4 N–H and O–H groups in total. The average molecular weight is 224 g/mol. The van der Waals surface area contributed by atoms with Crippen molar-refractivity contribution in [1.82, 2.24) is 0 Å². The summed E-state index contributed by atoms with van der Waals surface area (Å²) in [6, 6.07) is 5.48. The summed E-state index contributed by atoms with van der Waals surface area (Å²) in [6.45, 7) is 3.73. The molecule has 0 saturated carbocycles. The summed E-state index contributed by atoms with van der Waals surface area (Å²) >= 11 is 5.90. The lowest BCUT2D eigenvalue weighted by molar-refractivity contribution is 1.37. The van der Waals surface area contributed by atoms with Gasteiger partial charge in [-0.05, 0) is 37.6 Å². The lowest BCUT2D eigenvalue weighted by Gasteiger charge is -2.02. The number of aliphatic imine (C=N–C) groups is 1. The maximum atomic E-state index is 5.90. The number of nitrogens with zero attached hydrogens (tertiary/aromatic N) is 1. The zero-order valence-electron chi connectivity index (χ0n) is 8.79. The number of hydrogen-bond donors (Lipinski definition) is 2. The Morgan fingerprint density at radius 1 is 1.47 bits per heavy atom. The van der Waals surface area contributed by atoms with Gasteiger partial charge in [0.15, 0.2) is 0 Å². The van der Waals surface area contributed by atoms with E-state index in [1.165, 1.54) is 6.20 Å². The van der Waals surface area contributed by atoms with Crippen molar-refractivity contribution in [3.05, 3.63) is 40.6 Å². The van der Waals surface area contributed by atoms with E-state index < -0.39 is 0 Å². The third-order valence-corrected chi connectivity index (χ3v) is 2.47. The van der Waals surface area contributed by atoms with E-state index in [0.29, 0.717) is 5.84 Å². The molecule has 0 spiro atoms. The number of halogens is 1. The maximum Gasteiger partial charge on any atom is 0.128 e. The molecule has 0 aliphatic carbocycles. The normalized spacial score (nSPS) is 13.0. The zero-order valence-corrected chi connectivity index (χ0v) is 9.55. The molecule has 0 unspecified atom stereocenters. The molecule has 80 valence electrons. The van der Waals surface area contributed by atoms with Gasteiger partial charge in [0.2, 0.25) is 0 Å². The fraction of sp³-hybridized carbons (Fsp3) is 0.182. The lowest BCUT2D eigenvalue weighted by atomic mass is 10.2. The van der Waals surface area contributed by atoms with Gasteiger partial charge in [-0.15, -0.1) is 0 Å². The number of nitrogens with two attached hydrogens (primary N) is 2. The molecule has 0 bridgehead atoms. The molecule has 0 heterocycles. The second-order valence-electron chi connectivity index (χ2n) is 3.28. The van der Waals surface area contributed by atoms with E-state index in [9.17, 15) is 0 Å². The van der Waals surface area contributed by atoms with Crippen LogP contribution in [0.4, 0.5) is 5.69 Å². The molecule has 0 atom stereocenters. The number of hydrogen-bond acceptors (Lipinski definition) is 2. The van der Waals surface area contributed by atoms with Gasteiger partial charge in [0, 0.05) is 16.8 Å². The number of rotatable bonds is 2. The average Bonchev–Trinajstić information content (AvgIpc) is 2.22. The SMILES string of the molecule is CC(=CN)C(N)=Nc1ccc(Cl)c(C)c1. The monoisotopic (exact) mass is 223 g/mol. The van der Waals surface area contributed by atoms with Gasteiger partial charge < -0.3 is 11.5 Å². The minimum atomic E-state index is 0.416. The van der Waals surface area contributed by atoms with E-state index in [1.807, 2.05) is 26.0 Å². The lowest BCUT2D eigenvalue weighted by Crippen LogP contribution is -2.13. The van der Waals surface area contributed by atoms with E-state index in [1.54, 1.807) is 6.07 Å². The smallest absolute Gasteiger partial charge is 0.128 e. The Morgan fingerprint density at radius 2 is 2.13 bits per heavy atom. The van der Waals surface area contributed by atoms with Gasteiger partial charge in [-0.1, -0.05) is 11.6 Å². The summed E-state index contributed by atoms with van der Waals surface area (Å²) in [5, 5.41) is 0.721. The zero-order chi connectivity index (χ0) is 11.4. The molecule has 0 aliphatic rings. The Kier molecular flexibility index (Phi) is 3.74. The molecule has 0 aromatic heterocycles. The summed E-state index contributed by atoms with van der Waals surface area (Å²) in [4.78, 5) is 4.22. The minimum absolute atomic E-state index is 0.416. The molecule has 0 amide bonds. The largest absolute Gasteiger partial charge is 0.404 e. The Labute approximate surface area is 94.4 Å². The number of aryl methyl sites for hydroxylation is 1. The predicted octanol–water partition coefficient (Wildman–Crippen LogP) is 2.50. The predicted molar refractivity (Wildman–Crippen MR) is 65.4 cm³/mol. The molecular weight excluding hydrogens is 210 g/mol. The summed E-state index contributed by atoms with van der Waals surface area (Å²) in [5.74, 6) is 0.416. The molecule has 0 fully saturated rings. The van der Waals surface area contributed by atoms with Crippen LogP contribution in [0.2, 0.25) is 5.02 Å². The van der Waals surface area contributed by atoms with Gasteiger partial charge >= 0.3 is 0 Å². The van der Waals surface area contributed by atoms with Crippen LogP contribution >= 0.6 is 11.6 Å². The highest BCUT2D eigenvalue weighted by Crippen LogP contribution is 2.21. The summed E-state index contributed by atoms with van der Waals surface area (Å²) in [6.07, 6.45) is 1.43. The Morgan fingerprint density at radius 3 is 2.67 bits per heavy atom. The molecule has 4 heteroatoms. The van der Waals surface area contributed by atoms with Crippen LogP contribution in [-0.4, -0.2) is 5.84 Å². The molecule has 1 rings (SSSR count). The van der Waals surface area contributed by atoms with Gasteiger partial charge in [-0.25, -0.2) is 4.99 Å². The second kappa shape index (κ2) is 4.84. The molecular formula is C11H14ClN3. The maximum absolute atomic E-state index is 5.90. The number of benzene rings is 1. The summed E-state index contributed by atoms with van der Waals surface area (Å²) < 4.78 is 0. The van der Waals surface area contributed by atoms with Crippen LogP contribution in [0.25, 0.3) is 0 Å². The van der Waals surface area contributed by atoms with Crippen molar-refractivity contribution < 1.29 is 0 Å². The highest BCUT2D eigenvalue weighted by Gasteiger charge is 1.98. The Bertz CT molecular complexity index is 422. The fourth-order valence-corrected chi connectivity index (χ4v) is 1.13. The molecule has 0 radical (unpaired) electrons. The molecule has 0 aliphatic heterocycles. The fourth-order valence-electron chi connectivity index (χ4n) is 1.01. The van der Waals surface area contributed by atoms with E-state index >= 15 is 0 Å². The highest BCUT2D eigenvalue weighted by atomic mass is 35.5.